The summed E-state index contributed by atoms with van der Waals surface area (Å²) in [5.41, 5.74) is 2.69. The summed E-state index contributed by atoms with van der Waals surface area (Å²) in [6, 6.07) is 11.7. The first-order valence-corrected chi connectivity index (χ1v) is 5.74. The Hall–Kier alpha value is -2.36. The number of hydrogen-bond donors (Lipinski definition) is 0. The molecule has 0 radical (unpaired) electrons. The van der Waals surface area contributed by atoms with Crippen molar-refractivity contribution in [3.05, 3.63) is 48.4 Å². The van der Waals surface area contributed by atoms with E-state index in [2.05, 4.69) is 9.97 Å². The van der Waals surface area contributed by atoms with Gasteiger partial charge in [-0.25, -0.2) is 9.97 Å². The van der Waals surface area contributed by atoms with Gasteiger partial charge in [-0.15, -0.1) is 0 Å². The first-order valence-electron chi connectivity index (χ1n) is 5.74. The van der Waals surface area contributed by atoms with Gasteiger partial charge in [0.25, 0.3) is 0 Å². The number of pyridine rings is 1. The third-order valence-electron chi connectivity index (χ3n) is 2.91. The number of fused-ring (bicyclic) bond motifs is 1. The van der Waals surface area contributed by atoms with Crippen molar-refractivity contribution in [1.29, 1.82) is 0 Å². The fourth-order valence-corrected chi connectivity index (χ4v) is 2.13. The van der Waals surface area contributed by atoms with Crippen LogP contribution < -0.4 is 4.74 Å². The number of para-hydroxylation sites is 2. The zero-order valence-corrected chi connectivity index (χ0v) is 10.3. The van der Waals surface area contributed by atoms with Crippen molar-refractivity contribution in [3.8, 4) is 11.4 Å². The van der Waals surface area contributed by atoms with E-state index in [9.17, 15) is 0 Å². The Morgan fingerprint density at radius 1 is 1.11 bits per heavy atom. The average Bonchev–Trinajstić information content (AvgIpc) is 2.74. The van der Waals surface area contributed by atoms with Gasteiger partial charge in [0.05, 0.1) is 12.8 Å². The number of rotatable bonds is 2. The summed E-state index contributed by atoms with van der Waals surface area (Å²) in [5.74, 6) is 1.71. The van der Waals surface area contributed by atoms with Gasteiger partial charge in [0, 0.05) is 6.20 Å². The number of hydrogen-bond acceptors (Lipinski definition) is 3. The molecular formula is C14H13N3O. The van der Waals surface area contributed by atoms with Crippen LogP contribution in [0, 0.1) is 6.92 Å². The molecule has 0 unspecified atom stereocenters. The van der Waals surface area contributed by atoms with E-state index in [0.717, 1.165) is 28.4 Å². The van der Waals surface area contributed by atoms with Crippen molar-refractivity contribution in [3.63, 3.8) is 0 Å². The number of benzene rings is 1. The first-order chi connectivity index (χ1) is 8.81. The van der Waals surface area contributed by atoms with E-state index in [1.165, 1.54) is 0 Å². The monoisotopic (exact) mass is 239 g/mol. The Balaban J connectivity index is 2.34. The van der Waals surface area contributed by atoms with Crippen LogP contribution in [-0.4, -0.2) is 21.6 Å². The van der Waals surface area contributed by atoms with Crippen LogP contribution in [0.4, 0.5) is 0 Å². The predicted molar refractivity (Wildman–Crippen MR) is 70.2 cm³/mol. The van der Waals surface area contributed by atoms with E-state index in [0.29, 0.717) is 0 Å². The van der Waals surface area contributed by atoms with Gasteiger partial charge in [-0.3, -0.25) is 4.57 Å². The van der Waals surface area contributed by atoms with Crippen molar-refractivity contribution in [2.75, 3.05) is 7.11 Å². The molecule has 90 valence electrons. The molecule has 0 bridgehead atoms. The lowest BCUT2D eigenvalue weighted by Crippen LogP contribution is -2.00. The van der Waals surface area contributed by atoms with Gasteiger partial charge in [-0.05, 0) is 31.2 Å². The number of aryl methyl sites for hydroxylation is 1. The Morgan fingerprint density at radius 2 is 1.94 bits per heavy atom. The van der Waals surface area contributed by atoms with E-state index in [1.54, 1.807) is 13.3 Å². The molecule has 2 aromatic heterocycles. The van der Waals surface area contributed by atoms with Crippen LogP contribution in [0.15, 0.2) is 42.6 Å². The summed E-state index contributed by atoms with van der Waals surface area (Å²) >= 11 is 0. The van der Waals surface area contributed by atoms with Crippen molar-refractivity contribution in [2.24, 2.45) is 0 Å². The van der Waals surface area contributed by atoms with Gasteiger partial charge in [0.1, 0.15) is 17.1 Å². The Labute approximate surface area is 105 Å². The van der Waals surface area contributed by atoms with E-state index < -0.39 is 0 Å². The molecule has 0 saturated heterocycles. The summed E-state index contributed by atoms with van der Waals surface area (Å²) in [6.07, 6.45) is 1.77. The number of methoxy groups -OCH3 is 1. The first kappa shape index (κ1) is 10.8. The topological polar surface area (TPSA) is 39.9 Å². The quantitative estimate of drug-likeness (QED) is 0.690. The fraction of sp³-hybridized carbons (Fsp3) is 0.143. The third-order valence-corrected chi connectivity index (χ3v) is 2.91. The Bertz CT molecular complexity index is 703. The van der Waals surface area contributed by atoms with Crippen LogP contribution in [0.1, 0.15) is 5.82 Å². The molecule has 0 amide bonds. The largest absolute Gasteiger partial charge is 0.495 e. The Kier molecular flexibility index (Phi) is 2.48. The molecule has 0 spiro atoms. The van der Waals surface area contributed by atoms with E-state index in [-0.39, 0.29) is 0 Å². The molecule has 0 N–H and O–H groups in total. The van der Waals surface area contributed by atoms with E-state index >= 15 is 0 Å². The highest BCUT2D eigenvalue weighted by atomic mass is 16.5. The zero-order chi connectivity index (χ0) is 12.5. The van der Waals surface area contributed by atoms with Crippen LogP contribution in [0.25, 0.3) is 16.9 Å². The molecule has 3 aromatic rings. The summed E-state index contributed by atoms with van der Waals surface area (Å²) < 4.78 is 7.40. The van der Waals surface area contributed by atoms with Gasteiger partial charge in [-0.2, -0.15) is 0 Å². The summed E-state index contributed by atoms with van der Waals surface area (Å²) in [7, 11) is 1.67. The molecule has 4 heteroatoms. The van der Waals surface area contributed by atoms with Gasteiger partial charge in [0.15, 0.2) is 5.65 Å². The maximum Gasteiger partial charge on any atom is 0.164 e. The standard InChI is InChI=1S/C14H13N3O/c1-10-16-11-6-5-9-15-14(11)17(10)12-7-3-4-8-13(12)18-2/h3-9H,1-2H3. The minimum Gasteiger partial charge on any atom is -0.495 e. The minimum absolute atomic E-state index is 0.811. The maximum absolute atomic E-state index is 5.40. The van der Waals surface area contributed by atoms with Gasteiger partial charge in [0.2, 0.25) is 0 Å². The van der Waals surface area contributed by atoms with Gasteiger partial charge >= 0.3 is 0 Å². The molecule has 3 rings (SSSR count). The van der Waals surface area contributed by atoms with Gasteiger partial charge in [-0.1, -0.05) is 12.1 Å². The average molecular weight is 239 g/mol. The molecule has 2 heterocycles. The van der Waals surface area contributed by atoms with E-state index in [1.807, 2.05) is 47.9 Å². The van der Waals surface area contributed by atoms with Crippen LogP contribution in [0.5, 0.6) is 5.75 Å². The molecule has 18 heavy (non-hydrogen) atoms. The minimum atomic E-state index is 0.811. The lowest BCUT2D eigenvalue weighted by atomic mass is 10.3. The molecule has 0 aliphatic rings. The summed E-state index contributed by atoms with van der Waals surface area (Å²) in [5, 5.41) is 0. The van der Waals surface area contributed by atoms with Crippen LogP contribution in [-0.2, 0) is 0 Å². The molecular weight excluding hydrogens is 226 g/mol. The molecule has 1 aromatic carbocycles. The van der Waals surface area contributed by atoms with Crippen molar-refractivity contribution in [1.82, 2.24) is 14.5 Å². The number of aromatic nitrogens is 3. The second-order valence-electron chi connectivity index (χ2n) is 4.01. The normalized spacial score (nSPS) is 10.8. The molecule has 0 fully saturated rings. The number of nitrogens with zero attached hydrogens (tertiary/aromatic N) is 3. The third kappa shape index (κ3) is 1.54. The molecule has 0 aliphatic carbocycles. The highest BCUT2D eigenvalue weighted by Gasteiger charge is 2.12. The van der Waals surface area contributed by atoms with Crippen molar-refractivity contribution in [2.45, 2.75) is 6.92 Å². The molecule has 0 atom stereocenters. The smallest absolute Gasteiger partial charge is 0.164 e. The molecule has 0 saturated carbocycles. The molecule has 0 aliphatic heterocycles. The molecule has 4 nitrogen and oxygen atoms in total. The van der Waals surface area contributed by atoms with Crippen LogP contribution >= 0.6 is 0 Å². The fourth-order valence-electron chi connectivity index (χ4n) is 2.13. The lowest BCUT2D eigenvalue weighted by Gasteiger charge is -2.10. The number of imidazole rings is 1. The van der Waals surface area contributed by atoms with Gasteiger partial charge < -0.3 is 4.74 Å². The van der Waals surface area contributed by atoms with Crippen molar-refractivity contribution < 1.29 is 4.74 Å². The summed E-state index contributed by atoms with van der Waals surface area (Å²) in [4.78, 5) is 8.91. The Morgan fingerprint density at radius 3 is 2.78 bits per heavy atom. The van der Waals surface area contributed by atoms with E-state index in [4.69, 9.17) is 4.74 Å². The van der Waals surface area contributed by atoms with Crippen LogP contribution in [0.3, 0.4) is 0 Å². The van der Waals surface area contributed by atoms with Crippen LogP contribution in [0.2, 0.25) is 0 Å². The predicted octanol–water partition coefficient (Wildman–Crippen LogP) is 2.74. The zero-order valence-electron chi connectivity index (χ0n) is 10.3. The highest BCUT2D eigenvalue weighted by Crippen LogP contribution is 2.26. The SMILES string of the molecule is COc1ccccc1-n1c(C)nc2cccnc21. The highest BCUT2D eigenvalue weighted by molar-refractivity contribution is 5.74. The second-order valence-corrected chi connectivity index (χ2v) is 4.01. The lowest BCUT2D eigenvalue weighted by molar-refractivity contribution is 0.413. The summed E-state index contributed by atoms with van der Waals surface area (Å²) in [6.45, 7) is 1.97. The second kappa shape index (κ2) is 4.14. The maximum atomic E-state index is 5.40. The van der Waals surface area contributed by atoms with Crippen molar-refractivity contribution >= 4 is 11.2 Å². The number of ether oxygens (including phenoxy) is 1.